The molecule has 4 rings (SSSR count). The molecule has 1 aromatic heterocycles. The zero-order valence-electron chi connectivity index (χ0n) is 21.1. The van der Waals surface area contributed by atoms with Gasteiger partial charge in [0.2, 0.25) is 0 Å². The predicted molar refractivity (Wildman–Crippen MR) is 129 cm³/mol. The molecule has 0 saturated carbocycles. The van der Waals surface area contributed by atoms with E-state index in [1.165, 1.54) is 7.11 Å². The number of rotatable bonds is 6. The first kappa shape index (κ1) is 25.0. The van der Waals surface area contributed by atoms with Crippen molar-refractivity contribution in [1.82, 2.24) is 0 Å². The number of ether oxygens (including phenoxy) is 3. The molecule has 8 nitrogen and oxygen atoms in total. The summed E-state index contributed by atoms with van der Waals surface area (Å²) in [6, 6.07) is 9.35. The van der Waals surface area contributed by atoms with Gasteiger partial charge in [-0.1, -0.05) is 26.8 Å². The van der Waals surface area contributed by atoms with Crippen molar-refractivity contribution < 1.29 is 32.6 Å². The molecule has 1 fully saturated rings. The Hall–Kier alpha value is -3.09. The summed E-state index contributed by atoms with van der Waals surface area (Å²) in [6.07, 6.45) is 0.604. The number of furan rings is 1. The van der Waals surface area contributed by atoms with Crippen molar-refractivity contribution in [1.29, 1.82) is 5.26 Å². The van der Waals surface area contributed by atoms with Gasteiger partial charge in [0.05, 0.1) is 38.6 Å². The molecular weight excluding hydrogens is 466 g/mol. The van der Waals surface area contributed by atoms with Gasteiger partial charge in [0.25, 0.3) is 0 Å². The molecule has 1 aliphatic heterocycles. The van der Waals surface area contributed by atoms with Crippen molar-refractivity contribution in [3.63, 3.8) is 0 Å². The van der Waals surface area contributed by atoms with Crippen LogP contribution in [0.3, 0.4) is 0 Å². The van der Waals surface area contributed by atoms with Gasteiger partial charge in [-0.05, 0) is 41.9 Å². The van der Waals surface area contributed by atoms with Crippen molar-refractivity contribution in [2.75, 3.05) is 20.8 Å². The second-order valence-corrected chi connectivity index (χ2v) is 15.3. The minimum Gasteiger partial charge on any atom is -0.493 e. The highest BCUT2D eigenvalue weighted by atomic mass is 28.4. The first-order chi connectivity index (χ1) is 16.4. The fourth-order valence-corrected chi connectivity index (χ4v) is 6.32. The first-order valence-electron chi connectivity index (χ1n) is 11.5. The highest BCUT2D eigenvalue weighted by Crippen LogP contribution is 2.58. The van der Waals surface area contributed by atoms with Crippen molar-refractivity contribution in [3.05, 3.63) is 46.9 Å². The monoisotopic (exact) mass is 497 g/mol. The molecule has 1 saturated heterocycles. The van der Waals surface area contributed by atoms with Crippen LogP contribution in [-0.4, -0.2) is 41.4 Å². The van der Waals surface area contributed by atoms with Crippen molar-refractivity contribution in [3.8, 4) is 17.6 Å². The highest BCUT2D eigenvalue weighted by Gasteiger charge is 2.64. The van der Waals surface area contributed by atoms with Gasteiger partial charge in [0.1, 0.15) is 11.8 Å². The van der Waals surface area contributed by atoms with Gasteiger partial charge in [0.15, 0.2) is 37.5 Å². The van der Waals surface area contributed by atoms with E-state index in [0.29, 0.717) is 29.1 Å². The van der Waals surface area contributed by atoms with Gasteiger partial charge in [-0.15, -0.1) is 0 Å². The Labute approximate surface area is 206 Å². The van der Waals surface area contributed by atoms with E-state index in [4.69, 9.17) is 23.1 Å². The number of nitrogens with zero attached hydrogens (tertiary/aromatic N) is 1. The maximum absolute atomic E-state index is 13.2. The number of esters is 1. The number of aldehydes is 1. The summed E-state index contributed by atoms with van der Waals surface area (Å²) in [5, 5.41) is 10.5. The quantitative estimate of drug-likeness (QED) is 0.319. The van der Waals surface area contributed by atoms with E-state index >= 15 is 0 Å². The van der Waals surface area contributed by atoms with Crippen LogP contribution in [0.4, 0.5) is 0 Å². The average molecular weight is 498 g/mol. The molecule has 9 heteroatoms. The maximum atomic E-state index is 13.2. The predicted octanol–water partition coefficient (Wildman–Crippen LogP) is 4.78. The summed E-state index contributed by atoms with van der Waals surface area (Å²) < 4.78 is 29.2. The third kappa shape index (κ3) is 3.76. The molecule has 4 atom stereocenters. The van der Waals surface area contributed by atoms with Crippen molar-refractivity contribution in [2.24, 2.45) is 11.8 Å². The second kappa shape index (κ2) is 8.54. The van der Waals surface area contributed by atoms with Gasteiger partial charge in [0, 0.05) is 5.56 Å². The smallest absolute Gasteiger partial charge is 0.310 e. The third-order valence-corrected chi connectivity index (χ3v) is 12.2. The summed E-state index contributed by atoms with van der Waals surface area (Å²) in [5.74, 6) is -0.879. The zero-order valence-corrected chi connectivity index (χ0v) is 22.1. The highest BCUT2D eigenvalue weighted by molar-refractivity contribution is 6.74. The van der Waals surface area contributed by atoms with Gasteiger partial charge in [-0.25, -0.2) is 0 Å². The van der Waals surface area contributed by atoms with E-state index < -0.39 is 37.6 Å². The summed E-state index contributed by atoms with van der Waals surface area (Å²) in [6.45, 7) is 10.4. The molecule has 0 radical (unpaired) electrons. The molecule has 4 unspecified atom stereocenters. The van der Waals surface area contributed by atoms with E-state index in [1.54, 1.807) is 25.3 Å². The lowest BCUT2D eigenvalue weighted by Gasteiger charge is -2.48. The van der Waals surface area contributed by atoms with Gasteiger partial charge >= 0.3 is 5.97 Å². The Morgan fingerprint density at radius 1 is 1.17 bits per heavy atom. The zero-order chi connectivity index (χ0) is 25.8. The number of fused-ring (bicyclic) bond motifs is 2. The number of hydrogen-bond donors (Lipinski definition) is 0. The van der Waals surface area contributed by atoms with Gasteiger partial charge in [-0.2, -0.15) is 5.26 Å². The second-order valence-electron chi connectivity index (χ2n) is 10.6. The molecule has 2 aliphatic rings. The van der Waals surface area contributed by atoms with Crippen LogP contribution >= 0.6 is 0 Å². The van der Waals surface area contributed by atoms with E-state index in [9.17, 15) is 14.9 Å². The SMILES string of the molecule is COc1ccc(C2c3oc(C=O)cc3C(C#N)(O[Si](C)(C)C(C)(C)C)C3COC(=O)C23)cc1OC. The van der Waals surface area contributed by atoms with Crippen LogP contribution in [-0.2, 0) is 19.6 Å². The molecule has 0 spiro atoms. The largest absolute Gasteiger partial charge is 0.493 e. The molecule has 2 aromatic rings. The molecule has 35 heavy (non-hydrogen) atoms. The lowest BCUT2D eigenvalue weighted by atomic mass is 9.63. The van der Waals surface area contributed by atoms with Crippen LogP contribution in [0.15, 0.2) is 28.7 Å². The van der Waals surface area contributed by atoms with E-state index in [2.05, 4.69) is 39.9 Å². The van der Waals surface area contributed by atoms with Crippen LogP contribution in [0.5, 0.6) is 11.5 Å². The topological polar surface area (TPSA) is 108 Å². The summed E-state index contributed by atoms with van der Waals surface area (Å²) in [5.41, 5.74) is -0.290. The Morgan fingerprint density at radius 2 is 1.86 bits per heavy atom. The lowest BCUT2D eigenvalue weighted by molar-refractivity contribution is -0.142. The van der Waals surface area contributed by atoms with Gasteiger partial charge in [-0.3, -0.25) is 9.59 Å². The fourth-order valence-electron chi connectivity index (χ4n) is 4.90. The Kier molecular flexibility index (Phi) is 6.10. The summed E-state index contributed by atoms with van der Waals surface area (Å²) in [7, 11) is 0.557. The number of carbonyl (C=O) groups excluding carboxylic acids is 2. The Morgan fingerprint density at radius 3 is 2.43 bits per heavy atom. The minimum absolute atomic E-state index is 0.0382. The van der Waals surface area contributed by atoms with Crippen LogP contribution in [0.25, 0.3) is 0 Å². The number of methoxy groups -OCH3 is 2. The molecular formula is C26H31NO7Si. The molecule has 0 amide bonds. The van der Waals surface area contributed by atoms with Crippen molar-refractivity contribution in [2.45, 2.75) is 50.4 Å². The maximum Gasteiger partial charge on any atom is 0.310 e. The Balaban J connectivity index is 1.98. The van der Waals surface area contributed by atoms with E-state index in [0.717, 1.165) is 5.56 Å². The number of nitriles is 1. The number of carbonyl (C=O) groups is 2. The standard InChI is InChI=1S/C26H31NO7Si/c1-25(2,3)35(6,7)34-26(14-27)17-11-16(12-28)33-23(17)21(22-18(26)13-32-24(22)29)15-8-9-19(30-4)20(10-15)31-5/h8-12,18,21-22H,13H2,1-7H3. The minimum atomic E-state index is -2.52. The van der Waals surface area contributed by atoms with Crippen LogP contribution < -0.4 is 9.47 Å². The fraction of sp³-hybridized carbons (Fsp3) is 0.500. The molecule has 0 N–H and O–H groups in total. The number of cyclic esters (lactones) is 1. The van der Waals surface area contributed by atoms with E-state index in [-0.39, 0.29) is 17.4 Å². The van der Waals surface area contributed by atoms with Crippen LogP contribution in [0, 0.1) is 23.2 Å². The Bertz CT molecular complexity index is 1210. The number of benzene rings is 1. The molecule has 186 valence electrons. The third-order valence-electron chi connectivity index (χ3n) is 7.73. The van der Waals surface area contributed by atoms with E-state index in [1.807, 2.05) is 6.07 Å². The molecule has 2 heterocycles. The van der Waals surface area contributed by atoms with Crippen LogP contribution in [0.1, 0.15) is 54.1 Å². The average Bonchev–Trinajstić information content (AvgIpc) is 3.42. The molecule has 1 aromatic carbocycles. The lowest BCUT2D eigenvalue weighted by Crippen LogP contribution is -2.55. The molecule has 0 bridgehead atoms. The molecule has 1 aliphatic carbocycles. The van der Waals surface area contributed by atoms with Crippen molar-refractivity contribution >= 4 is 20.6 Å². The van der Waals surface area contributed by atoms with Crippen LogP contribution in [0.2, 0.25) is 18.1 Å². The first-order valence-corrected chi connectivity index (χ1v) is 14.4. The summed E-state index contributed by atoms with van der Waals surface area (Å²) >= 11 is 0. The number of hydrogen-bond acceptors (Lipinski definition) is 8. The van der Waals surface area contributed by atoms with Gasteiger partial charge < -0.3 is 23.1 Å². The normalized spacial score (nSPS) is 25.8. The summed E-state index contributed by atoms with van der Waals surface area (Å²) in [4.78, 5) is 24.9.